The second-order valence-electron chi connectivity index (χ2n) is 8.03. The van der Waals surface area contributed by atoms with Gasteiger partial charge < -0.3 is 30.5 Å². The number of aliphatic hydroxyl groups excluding tert-OH is 1. The topological polar surface area (TPSA) is 122 Å². The summed E-state index contributed by atoms with van der Waals surface area (Å²) in [6.45, 7) is 9.00. The van der Waals surface area contributed by atoms with Crippen LogP contribution in [-0.4, -0.2) is 59.0 Å². The summed E-state index contributed by atoms with van der Waals surface area (Å²) >= 11 is 0. The highest BCUT2D eigenvalue weighted by molar-refractivity contribution is 6.00. The molecule has 0 spiro atoms. The minimum absolute atomic E-state index is 0.0363. The first kappa shape index (κ1) is 24.1. The third-order valence-corrected chi connectivity index (χ3v) is 4.96. The van der Waals surface area contributed by atoms with Crippen molar-refractivity contribution in [1.29, 1.82) is 0 Å². The molecule has 10 nitrogen and oxygen atoms in total. The molecule has 0 atom stereocenters. The van der Waals surface area contributed by atoms with E-state index in [4.69, 9.17) is 9.47 Å². The molecule has 0 unspecified atom stereocenters. The Kier molecular flexibility index (Phi) is 7.59. The molecule has 4 N–H and O–H groups in total. The molecule has 3 heterocycles. The van der Waals surface area contributed by atoms with Crippen LogP contribution in [0.1, 0.15) is 38.1 Å². The van der Waals surface area contributed by atoms with Crippen LogP contribution in [0.15, 0.2) is 30.5 Å². The molecule has 1 amide bonds. The molecule has 0 saturated heterocycles. The van der Waals surface area contributed by atoms with Gasteiger partial charge in [0.1, 0.15) is 30.4 Å². The Hall–Kier alpha value is -3.53. The number of para-hydroxylation sites is 1. The van der Waals surface area contributed by atoms with Crippen LogP contribution in [0.25, 0.3) is 5.65 Å². The lowest BCUT2D eigenvalue weighted by Gasteiger charge is -2.22. The predicted octanol–water partition coefficient (Wildman–Crippen LogP) is 3.06. The SMILES string of the molecule is CC.CNc1cc(Nc2cccc3c2OCCO3)nc2c(C(=O)NCC(C)(C)CO)cnn12. The van der Waals surface area contributed by atoms with Crippen molar-refractivity contribution in [3.8, 4) is 11.5 Å². The predicted molar refractivity (Wildman–Crippen MR) is 128 cm³/mol. The largest absolute Gasteiger partial charge is 0.486 e. The highest BCUT2D eigenvalue weighted by Gasteiger charge is 2.22. The average Bonchev–Trinajstić information content (AvgIpc) is 3.28. The fraction of sp³-hybridized carbons (Fsp3) is 0.435. The Bertz CT molecular complexity index is 1110. The second-order valence-corrected chi connectivity index (χ2v) is 8.03. The maximum Gasteiger partial charge on any atom is 0.256 e. The van der Waals surface area contributed by atoms with Crippen molar-refractivity contribution in [3.05, 3.63) is 36.0 Å². The van der Waals surface area contributed by atoms with Gasteiger partial charge in [-0.05, 0) is 12.1 Å². The second kappa shape index (κ2) is 10.4. The van der Waals surface area contributed by atoms with Crippen molar-refractivity contribution < 1.29 is 19.4 Å². The van der Waals surface area contributed by atoms with Crippen molar-refractivity contribution in [2.45, 2.75) is 27.7 Å². The van der Waals surface area contributed by atoms with Crippen LogP contribution >= 0.6 is 0 Å². The zero-order chi connectivity index (χ0) is 24.0. The van der Waals surface area contributed by atoms with Crippen LogP contribution in [0.5, 0.6) is 11.5 Å². The van der Waals surface area contributed by atoms with Crippen LogP contribution in [0.4, 0.5) is 17.3 Å². The minimum atomic E-state index is -0.427. The highest BCUT2D eigenvalue weighted by Crippen LogP contribution is 2.38. The summed E-state index contributed by atoms with van der Waals surface area (Å²) in [5.74, 6) is 2.16. The lowest BCUT2D eigenvalue weighted by Crippen LogP contribution is -2.36. The number of nitrogens with one attached hydrogen (secondary N) is 3. The zero-order valence-corrected chi connectivity index (χ0v) is 19.7. The van der Waals surface area contributed by atoms with Crippen LogP contribution in [-0.2, 0) is 0 Å². The Morgan fingerprint density at radius 1 is 1.24 bits per heavy atom. The lowest BCUT2D eigenvalue weighted by atomic mass is 9.95. The number of ether oxygens (including phenoxy) is 2. The number of rotatable bonds is 7. The van der Waals surface area contributed by atoms with E-state index in [1.54, 1.807) is 17.6 Å². The molecule has 0 aliphatic carbocycles. The van der Waals surface area contributed by atoms with Gasteiger partial charge in [-0.2, -0.15) is 9.61 Å². The first-order valence-electron chi connectivity index (χ1n) is 11.0. The number of hydrogen-bond acceptors (Lipinski definition) is 8. The molecular weight excluding hydrogens is 424 g/mol. The van der Waals surface area contributed by atoms with Crippen LogP contribution in [0.2, 0.25) is 0 Å². The third-order valence-electron chi connectivity index (χ3n) is 4.96. The number of carbonyl (C=O) groups is 1. The van der Waals surface area contributed by atoms with Gasteiger partial charge in [0.05, 0.1) is 11.9 Å². The van der Waals surface area contributed by atoms with Gasteiger partial charge in [0.15, 0.2) is 17.1 Å². The molecule has 4 rings (SSSR count). The first-order valence-corrected chi connectivity index (χ1v) is 11.0. The van der Waals surface area contributed by atoms with Gasteiger partial charge in [0.2, 0.25) is 0 Å². The van der Waals surface area contributed by atoms with Crippen molar-refractivity contribution >= 4 is 28.9 Å². The van der Waals surface area contributed by atoms with Gasteiger partial charge in [0.25, 0.3) is 5.91 Å². The standard InChI is InChI=1S/C21H26N6O4.C2H6/c1-21(2,12-28)11-23-20(29)13-10-24-27-17(22-3)9-16(26-19(13)27)25-14-5-4-6-15-18(14)31-8-7-30-15;1-2/h4-6,9-10,22,28H,7-8,11-12H2,1-3H3,(H,23,29)(H,25,26);1-2H3. The summed E-state index contributed by atoms with van der Waals surface area (Å²) < 4.78 is 13.0. The molecule has 10 heteroatoms. The fourth-order valence-electron chi connectivity index (χ4n) is 3.15. The van der Waals surface area contributed by atoms with Crippen molar-refractivity contribution in [2.75, 3.05) is 44.0 Å². The van der Waals surface area contributed by atoms with Gasteiger partial charge in [-0.1, -0.05) is 33.8 Å². The van der Waals surface area contributed by atoms with E-state index in [1.807, 2.05) is 45.9 Å². The van der Waals surface area contributed by atoms with E-state index in [-0.39, 0.29) is 12.5 Å². The molecule has 1 aliphatic rings. The number of nitrogens with zero attached hydrogens (tertiary/aromatic N) is 3. The monoisotopic (exact) mass is 456 g/mol. The van der Waals surface area contributed by atoms with Crippen LogP contribution < -0.4 is 25.4 Å². The molecule has 0 saturated carbocycles. The van der Waals surface area contributed by atoms with Gasteiger partial charge >= 0.3 is 0 Å². The van der Waals surface area contributed by atoms with E-state index in [0.29, 0.717) is 59.8 Å². The van der Waals surface area contributed by atoms with E-state index in [1.165, 1.54) is 6.20 Å². The first-order chi connectivity index (χ1) is 15.9. The average molecular weight is 457 g/mol. The number of benzene rings is 1. The summed E-state index contributed by atoms with van der Waals surface area (Å²) in [7, 11) is 1.77. The number of aromatic nitrogens is 3. The summed E-state index contributed by atoms with van der Waals surface area (Å²) in [5, 5.41) is 22.9. The summed E-state index contributed by atoms with van der Waals surface area (Å²) in [4.78, 5) is 17.4. The van der Waals surface area contributed by atoms with E-state index in [9.17, 15) is 9.90 Å². The molecule has 1 aromatic carbocycles. The maximum absolute atomic E-state index is 12.8. The van der Waals surface area contributed by atoms with Crippen LogP contribution in [0, 0.1) is 5.41 Å². The number of hydrogen-bond donors (Lipinski definition) is 4. The third kappa shape index (κ3) is 5.28. The van der Waals surface area contributed by atoms with Crippen molar-refractivity contribution in [2.24, 2.45) is 5.41 Å². The van der Waals surface area contributed by atoms with E-state index in [2.05, 4.69) is 26.0 Å². The molecule has 0 radical (unpaired) electrons. The van der Waals surface area contributed by atoms with Gasteiger partial charge in [-0.15, -0.1) is 0 Å². The molecule has 33 heavy (non-hydrogen) atoms. The van der Waals surface area contributed by atoms with Crippen LogP contribution in [0.3, 0.4) is 0 Å². The minimum Gasteiger partial charge on any atom is -0.486 e. The molecule has 3 aromatic rings. The van der Waals surface area contributed by atoms with E-state index < -0.39 is 5.41 Å². The Balaban J connectivity index is 0.00000149. The van der Waals surface area contributed by atoms with Crippen molar-refractivity contribution in [3.63, 3.8) is 0 Å². The van der Waals surface area contributed by atoms with Gasteiger partial charge in [-0.3, -0.25) is 4.79 Å². The molecule has 2 aromatic heterocycles. The number of carbonyl (C=O) groups excluding carboxylic acids is 1. The van der Waals surface area contributed by atoms with E-state index >= 15 is 0 Å². The zero-order valence-electron chi connectivity index (χ0n) is 19.7. The summed E-state index contributed by atoms with van der Waals surface area (Å²) in [6.07, 6.45) is 1.48. The molecular formula is C23H32N6O4. The quantitative estimate of drug-likeness (QED) is 0.428. The maximum atomic E-state index is 12.8. The number of fused-ring (bicyclic) bond motifs is 2. The Morgan fingerprint density at radius 2 is 2.00 bits per heavy atom. The number of amides is 1. The highest BCUT2D eigenvalue weighted by atomic mass is 16.6. The van der Waals surface area contributed by atoms with E-state index in [0.717, 1.165) is 0 Å². The molecule has 1 aliphatic heterocycles. The normalized spacial score (nSPS) is 12.5. The Morgan fingerprint density at radius 3 is 2.73 bits per heavy atom. The molecule has 178 valence electrons. The Labute approximate surface area is 193 Å². The summed E-state index contributed by atoms with van der Waals surface area (Å²) in [6, 6.07) is 7.38. The smallest absolute Gasteiger partial charge is 0.256 e. The van der Waals surface area contributed by atoms with Crippen molar-refractivity contribution in [1.82, 2.24) is 19.9 Å². The number of anilines is 3. The number of aliphatic hydroxyl groups is 1. The van der Waals surface area contributed by atoms with Gasteiger partial charge in [-0.25, -0.2) is 4.98 Å². The lowest BCUT2D eigenvalue weighted by molar-refractivity contribution is 0.0912. The molecule has 0 fully saturated rings. The van der Waals surface area contributed by atoms with Gasteiger partial charge in [0, 0.05) is 31.7 Å². The summed E-state index contributed by atoms with van der Waals surface area (Å²) in [5.41, 5.74) is 1.02. The molecule has 0 bridgehead atoms. The fourth-order valence-corrected chi connectivity index (χ4v) is 3.15.